The Balaban J connectivity index is 1.70. The van der Waals surface area contributed by atoms with Crippen LogP contribution in [0.15, 0.2) is 28.8 Å². The maximum Gasteiger partial charge on any atom is 0.266 e. The number of nitrogens with zero attached hydrogens (tertiary/aromatic N) is 3. The Kier molecular flexibility index (Phi) is 4.15. The third-order valence-corrected chi connectivity index (χ3v) is 4.18. The van der Waals surface area contributed by atoms with Gasteiger partial charge in [0.25, 0.3) is 5.89 Å². The number of carbonyl (C=O) groups excluding carboxylic acids is 1. The fourth-order valence-electron chi connectivity index (χ4n) is 2.87. The molecule has 2 aromatic rings. The molecule has 1 atom stereocenters. The zero-order chi connectivity index (χ0) is 16.4. The molecule has 1 aliphatic heterocycles. The molecule has 1 saturated heterocycles. The minimum absolute atomic E-state index is 0.0252. The van der Waals surface area contributed by atoms with E-state index in [0.717, 1.165) is 11.1 Å². The van der Waals surface area contributed by atoms with E-state index in [9.17, 15) is 4.79 Å². The van der Waals surface area contributed by atoms with Crippen LogP contribution in [0.25, 0.3) is 0 Å². The minimum atomic E-state index is -1.75. The standard InChI is InChI=1S/C17H20FN3O2/c1-12-4-6-14(7-5-12)10-15(22)21-9-3-8-17(18,11-21)16-19-13(2)20-23-16/h4-7H,3,8-11H2,1-2H3. The first-order valence-corrected chi connectivity index (χ1v) is 7.79. The lowest BCUT2D eigenvalue weighted by molar-refractivity contribution is -0.135. The maximum atomic E-state index is 15.1. The number of piperidine rings is 1. The highest BCUT2D eigenvalue weighted by atomic mass is 19.1. The Bertz CT molecular complexity index is 698. The molecule has 3 rings (SSSR count). The zero-order valence-electron chi connectivity index (χ0n) is 13.4. The number of halogens is 1. The summed E-state index contributed by atoms with van der Waals surface area (Å²) in [6.45, 7) is 4.18. The lowest BCUT2D eigenvalue weighted by Gasteiger charge is -2.35. The molecule has 0 saturated carbocycles. The number of amides is 1. The van der Waals surface area contributed by atoms with Crippen LogP contribution in [-0.2, 0) is 16.9 Å². The summed E-state index contributed by atoms with van der Waals surface area (Å²) in [7, 11) is 0. The summed E-state index contributed by atoms with van der Waals surface area (Å²) in [5, 5.41) is 3.65. The van der Waals surface area contributed by atoms with Crippen LogP contribution in [0.2, 0.25) is 0 Å². The Morgan fingerprint density at radius 3 is 2.74 bits per heavy atom. The summed E-state index contributed by atoms with van der Waals surface area (Å²) in [6.07, 6.45) is 1.15. The van der Waals surface area contributed by atoms with E-state index < -0.39 is 5.67 Å². The summed E-state index contributed by atoms with van der Waals surface area (Å²) in [5.41, 5.74) is 0.334. The summed E-state index contributed by atoms with van der Waals surface area (Å²) in [6, 6.07) is 7.81. The molecule has 0 bridgehead atoms. The molecule has 6 heteroatoms. The summed E-state index contributed by atoms with van der Waals surface area (Å²) in [5.74, 6) is 0.301. The number of hydrogen-bond donors (Lipinski definition) is 0. The summed E-state index contributed by atoms with van der Waals surface area (Å²) in [4.78, 5) is 18.0. The molecule has 0 N–H and O–H groups in total. The Morgan fingerprint density at radius 1 is 1.35 bits per heavy atom. The number of alkyl halides is 1. The maximum absolute atomic E-state index is 15.1. The number of aryl methyl sites for hydroxylation is 2. The second-order valence-corrected chi connectivity index (χ2v) is 6.19. The van der Waals surface area contributed by atoms with Crippen molar-refractivity contribution >= 4 is 5.91 Å². The minimum Gasteiger partial charge on any atom is -0.339 e. The van der Waals surface area contributed by atoms with E-state index in [-0.39, 0.29) is 24.8 Å². The molecule has 1 aliphatic rings. The molecule has 5 nitrogen and oxygen atoms in total. The van der Waals surface area contributed by atoms with Crippen molar-refractivity contribution in [2.24, 2.45) is 0 Å². The number of hydrogen-bond acceptors (Lipinski definition) is 4. The van der Waals surface area contributed by atoms with Gasteiger partial charge in [-0.2, -0.15) is 4.98 Å². The molecule has 1 aromatic carbocycles. The molecular formula is C17H20FN3O2. The summed E-state index contributed by atoms with van der Waals surface area (Å²) >= 11 is 0. The third-order valence-electron chi connectivity index (χ3n) is 4.18. The molecule has 1 fully saturated rings. The van der Waals surface area contributed by atoms with Crippen LogP contribution in [0, 0.1) is 13.8 Å². The molecule has 0 radical (unpaired) electrons. The molecule has 1 unspecified atom stereocenters. The molecule has 2 heterocycles. The van der Waals surface area contributed by atoms with Gasteiger partial charge >= 0.3 is 0 Å². The van der Waals surface area contributed by atoms with Gasteiger partial charge < -0.3 is 9.42 Å². The number of carbonyl (C=O) groups is 1. The Labute approximate surface area is 134 Å². The number of benzene rings is 1. The average Bonchev–Trinajstić information content (AvgIpc) is 2.97. The fraction of sp³-hybridized carbons (Fsp3) is 0.471. The molecular weight excluding hydrogens is 297 g/mol. The highest BCUT2D eigenvalue weighted by molar-refractivity contribution is 5.79. The van der Waals surface area contributed by atoms with Gasteiger partial charge in [-0.1, -0.05) is 35.0 Å². The molecule has 122 valence electrons. The first-order valence-electron chi connectivity index (χ1n) is 7.79. The van der Waals surface area contributed by atoms with E-state index in [4.69, 9.17) is 4.52 Å². The zero-order valence-corrected chi connectivity index (χ0v) is 13.4. The van der Waals surface area contributed by atoms with Crippen molar-refractivity contribution in [2.75, 3.05) is 13.1 Å². The number of rotatable bonds is 3. The van der Waals surface area contributed by atoms with E-state index in [2.05, 4.69) is 10.1 Å². The lowest BCUT2D eigenvalue weighted by atomic mass is 9.94. The second kappa shape index (κ2) is 6.10. The van der Waals surface area contributed by atoms with Crippen LogP contribution in [0.3, 0.4) is 0 Å². The molecule has 0 spiro atoms. The number of aromatic nitrogens is 2. The predicted molar refractivity (Wildman–Crippen MR) is 82.5 cm³/mol. The van der Waals surface area contributed by atoms with E-state index in [0.29, 0.717) is 25.2 Å². The summed E-state index contributed by atoms with van der Waals surface area (Å²) < 4.78 is 20.1. The molecule has 23 heavy (non-hydrogen) atoms. The quantitative estimate of drug-likeness (QED) is 0.873. The monoisotopic (exact) mass is 317 g/mol. The first-order chi connectivity index (χ1) is 11.0. The molecule has 1 amide bonds. The van der Waals surface area contributed by atoms with Gasteiger partial charge in [-0.05, 0) is 32.3 Å². The van der Waals surface area contributed by atoms with Crippen molar-refractivity contribution in [2.45, 2.75) is 38.8 Å². The van der Waals surface area contributed by atoms with Gasteiger partial charge in [-0.25, -0.2) is 4.39 Å². The lowest BCUT2D eigenvalue weighted by Crippen LogP contribution is -2.47. The van der Waals surface area contributed by atoms with Crippen LogP contribution >= 0.6 is 0 Å². The highest BCUT2D eigenvalue weighted by Gasteiger charge is 2.43. The van der Waals surface area contributed by atoms with Gasteiger partial charge in [0.05, 0.1) is 13.0 Å². The van der Waals surface area contributed by atoms with E-state index in [1.54, 1.807) is 11.8 Å². The van der Waals surface area contributed by atoms with Crippen molar-refractivity contribution in [3.63, 3.8) is 0 Å². The predicted octanol–water partition coefficient (Wildman–Crippen LogP) is 2.72. The Morgan fingerprint density at radius 2 is 2.09 bits per heavy atom. The van der Waals surface area contributed by atoms with Gasteiger partial charge in [0, 0.05) is 6.54 Å². The normalized spacial score (nSPS) is 21.4. The van der Waals surface area contributed by atoms with Crippen molar-refractivity contribution in [1.29, 1.82) is 0 Å². The van der Waals surface area contributed by atoms with Crippen molar-refractivity contribution in [3.05, 3.63) is 47.1 Å². The van der Waals surface area contributed by atoms with Crippen LogP contribution in [0.1, 0.15) is 35.7 Å². The van der Waals surface area contributed by atoms with Gasteiger partial charge in [0.15, 0.2) is 5.82 Å². The van der Waals surface area contributed by atoms with Gasteiger partial charge in [-0.3, -0.25) is 4.79 Å². The SMILES string of the molecule is Cc1ccc(CC(=O)N2CCCC(F)(c3nc(C)no3)C2)cc1. The third kappa shape index (κ3) is 3.41. The second-order valence-electron chi connectivity index (χ2n) is 6.19. The van der Waals surface area contributed by atoms with Crippen molar-refractivity contribution in [1.82, 2.24) is 15.0 Å². The highest BCUT2D eigenvalue weighted by Crippen LogP contribution is 2.34. The van der Waals surface area contributed by atoms with Crippen molar-refractivity contribution < 1.29 is 13.7 Å². The average molecular weight is 317 g/mol. The van der Waals surface area contributed by atoms with Crippen LogP contribution in [-0.4, -0.2) is 34.0 Å². The first kappa shape index (κ1) is 15.6. The van der Waals surface area contributed by atoms with E-state index in [1.165, 1.54) is 0 Å². The van der Waals surface area contributed by atoms with Crippen molar-refractivity contribution in [3.8, 4) is 0 Å². The van der Waals surface area contributed by atoms with Gasteiger partial charge in [0.2, 0.25) is 11.6 Å². The van der Waals surface area contributed by atoms with Gasteiger partial charge in [-0.15, -0.1) is 0 Å². The van der Waals surface area contributed by atoms with Crippen LogP contribution in [0.5, 0.6) is 0 Å². The molecule has 1 aromatic heterocycles. The topological polar surface area (TPSA) is 59.2 Å². The molecule has 0 aliphatic carbocycles. The van der Waals surface area contributed by atoms with Crippen LogP contribution in [0.4, 0.5) is 4.39 Å². The Hall–Kier alpha value is -2.24. The van der Waals surface area contributed by atoms with E-state index >= 15 is 4.39 Å². The van der Waals surface area contributed by atoms with E-state index in [1.807, 2.05) is 31.2 Å². The fourth-order valence-corrected chi connectivity index (χ4v) is 2.87. The van der Waals surface area contributed by atoms with Crippen LogP contribution < -0.4 is 0 Å². The smallest absolute Gasteiger partial charge is 0.266 e. The number of likely N-dealkylation sites (tertiary alicyclic amines) is 1. The largest absolute Gasteiger partial charge is 0.339 e. The van der Waals surface area contributed by atoms with Gasteiger partial charge in [0.1, 0.15) is 0 Å².